The third-order valence-corrected chi connectivity index (χ3v) is 3.17. The van der Waals surface area contributed by atoms with Crippen molar-refractivity contribution in [2.45, 2.75) is 20.3 Å². The van der Waals surface area contributed by atoms with E-state index in [2.05, 4.69) is 0 Å². The van der Waals surface area contributed by atoms with Crippen LogP contribution in [-0.4, -0.2) is 23.7 Å². The minimum Gasteiger partial charge on any atom is -0.508 e. The third kappa shape index (κ3) is 4.32. The molecule has 1 N–H and O–H groups in total. The predicted octanol–water partition coefficient (Wildman–Crippen LogP) is 3.49. The maximum Gasteiger partial charge on any atom is 0.343 e. The summed E-state index contributed by atoms with van der Waals surface area (Å²) in [5, 5.41) is 9.36. The first kappa shape index (κ1) is 16.5. The number of carbonyl (C=O) groups is 2. The van der Waals surface area contributed by atoms with Crippen LogP contribution >= 0.6 is 0 Å². The molecule has 0 aromatic heterocycles. The molecule has 5 nitrogen and oxygen atoms in total. The van der Waals surface area contributed by atoms with Gasteiger partial charge >= 0.3 is 11.9 Å². The normalized spacial score (nSPS) is 10.2. The molecule has 0 amide bonds. The van der Waals surface area contributed by atoms with Crippen LogP contribution in [0.1, 0.15) is 39.6 Å². The van der Waals surface area contributed by atoms with E-state index in [1.165, 1.54) is 30.3 Å². The van der Waals surface area contributed by atoms with E-state index in [1.807, 2.05) is 6.92 Å². The molecule has 2 aromatic carbocycles. The molecule has 0 saturated carbocycles. The number of carbonyl (C=O) groups excluding carboxylic acids is 2. The number of aromatic hydroxyl groups is 1. The van der Waals surface area contributed by atoms with E-state index >= 15 is 0 Å². The zero-order valence-corrected chi connectivity index (χ0v) is 13.0. The number of benzene rings is 2. The summed E-state index contributed by atoms with van der Waals surface area (Å²) >= 11 is 0. The van der Waals surface area contributed by atoms with Gasteiger partial charge in [0, 0.05) is 0 Å². The van der Waals surface area contributed by atoms with Gasteiger partial charge in [0.15, 0.2) is 0 Å². The molecule has 0 aliphatic rings. The third-order valence-electron chi connectivity index (χ3n) is 3.17. The zero-order chi connectivity index (χ0) is 16.8. The summed E-state index contributed by atoms with van der Waals surface area (Å²) in [5.41, 5.74) is 1.39. The van der Waals surface area contributed by atoms with E-state index in [4.69, 9.17) is 9.47 Å². The summed E-state index contributed by atoms with van der Waals surface area (Å²) in [7, 11) is 0. The van der Waals surface area contributed by atoms with Crippen LogP contribution < -0.4 is 4.74 Å². The number of ether oxygens (including phenoxy) is 2. The van der Waals surface area contributed by atoms with Crippen molar-refractivity contribution < 1.29 is 24.2 Å². The van der Waals surface area contributed by atoms with E-state index in [0.717, 1.165) is 6.42 Å². The Hall–Kier alpha value is -2.82. The Morgan fingerprint density at radius 3 is 2.35 bits per heavy atom. The van der Waals surface area contributed by atoms with Crippen LogP contribution in [0.3, 0.4) is 0 Å². The molecule has 2 aromatic rings. The highest BCUT2D eigenvalue weighted by molar-refractivity contribution is 5.93. The van der Waals surface area contributed by atoms with Crippen LogP contribution in [0, 0.1) is 6.92 Å². The van der Waals surface area contributed by atoms with Crippen molar-refractivity contribution in [2.24, 2.45) is 0 Å². The molecule has 0 radical (unpaired) electrons. The molecule has 0 bridgehead atoms. The van der Waals surface area contributed by atoms with Gasteiger partial charge in [0.2, 0.25) is 0 Å². The Morgan fingerprint density at radius 1 is 1.04 bits per heavy atom. The summed E-state index contributed by atoms with van der Waals surface area (Å²) < 4.78 is 10.3. The van der Waals surface area contributed by atoms with Crippen molar-refractivity contribution in [3.8, 4) is 11.5 Å². The van der Waals surface area contributed by atoms with E-state index < -0.39 is 11.9 Å². The predicted molar refractivity (Wildman–Crippen MR) is 84.8 cm³/mol. The van der Waals surface area contributed by atoms with Crippen LogP contribution in [0.2, 0.25) is 0 Å². The van der Waals surface area contributed by atoms with E-state index in [9.17, 15) is 14.7 Å². The molecule has 0 atom stereocenters. The molecule has 0 heterocycles. The highest BCUT2D eigenvalue weighted by Gasteiger charge is 2.13. The Bertz CT molecular complexity index is 704. The van der Waals surface area contributed by atoms with Crippen LogP contribution in [0.5, 0.6) is 11.5 Å². The number of aryl methyl sites for hydroxylation is 1. The van der Waals surface area contributed by atoms with Gasteiger partial charge in [-0.05, 0) is 61.4 Å². The second kappa shape index (κ2) is 7.45. The maximum absolute atomic E-state index is 12.1. The Kier molecular flexibility index (Phi) is 5.36. The lowest BCUT2D eigenvalue weighted by molar-refractivity contribution is 0.0505. The van der Waals surface area contributed by atoms with Crippen molar-refractivity contribution in [1.82, 2.24) is 0 Å². The first-order valence-corrected chi connectivity index (χ1v) is 7.30. The first-order valence-electron chi connectivity index (χ1n) is 7.30. The van der Waals surface area contributed by atoms with Gasteiger partial charge in [-0.15, -0.1) is 0 Å². The molecule has 0 saturated heterocycles. The maximum atomic E-state index is 12.1. The lowest BCUT2D eigenvalue weighted by Crippen LogP contribution is -2.10. The fourth-order valence-corrected chi connectivity index (χ4v) is 1.98. The van der Waals surface area contributed by atoms with Gasteiger partial charge in [0.1, 0.15) is 11.5 Å². The van der Waals surface area contributed by atoms with E-state index in [1.54, 1.807) is 19.1 Å². The smallest absolute Gasteiger partial charge is 0.343 e. The van der Waals surface area contributed by atoms with Gasteiger partial charge in [0.05, 0.1) is 17.7 Å². The van der Waals surface area contributed by atoms with Crippen molar-refractivity contribution in [3.63, 3.8) is 0 Å². The monoisotopic (exact) mass is 314 g/mol. The van der Waals surface area contributed by atoms with Gasteiger partial charge in [0.25, 0.3) is 0 Å². The molecular formula is C18H18O5. The zero-order valence-electron chi connectivity index (χ0n) is 13.0. The molecular weight excluding hydrogens is 296 g/mol. The number of rotatable bonds is 5. The van der Waals surface area contributed by atoms with Crippen molar-refractivity contribution in [1.29, 1.82) is 0 Å². The van der Waals surface area contributed by atoms with Crippen molar-refractivity contribution >= 4 is 11.9 Å². The Balaban J connectivity index is 2.05. The summed E-state index contributed by atoms with van der Waals surface area (Å²) in [6.07, 6.45) is 0.757. The van der Waals surface area contributed by atoms with Crippen LogP contribution in [0.4, 0.5) is 0 Å². The summed E-state index contributed by atoms with van der Waals surface area (Å²) in [6, 6.07) is 10.6. The molecule has 0 fully saturated rings. The Labute approximate surface area is 134 Å². The highest BCUT2D eigenvalue weighted by Crippen LogP contribution is 2.19. The summed E-state index contributed by atoms with van der Waals surface area (Å²) in [6.45, 7) is 4.00. The highest BCUT2D eigenvalue weighted by atomic mass is 16.5. The fraction of sp³-hybridized carbons (Fsp3) is 0.222. The molecule has 5 heteroatoms. The van der Waals surface area contributed by atoms with Gasteiger partial charge < -0.3 is 14.6 Å². The average molecular weight is 314 g/mol. The van der Waals surface area contributed by atoms with Crippen LogP contribution in [0.15, 0.2) is 42.5 Å². The lowest BCUT2D eigenvalue weighted by atomic mass is 10.1. The first-order chi connectivity index (χ1) is 11.0. The molecule has 0 aliphatic heterocycles. The Morgan fingerprint density at radius 2 is 1.74 bits per heavy atom. The average Bonchev–Trinajstić information content (AvgIpc) is 2.53. The van der Waals surface area contributed by atoms with E-state index in [-0.39, 0.29) is 5.75 Å². The minimum absolute atomic E-state index is 0.0917. The second-order valence-electron chi connectivity index (χ2n) is 5.05. The molecule has 2 rings (SSSR count). The number of hydrogen-bond donors (Lipinski definition) is 1. The number of hydrogen-bond acceptors (Lipinski definition) is 5. The topological polar surface area (TPSA) is 72.8 Å². The van der Waals surface area contributed by atoms with Gasteiger partial charge in [-0.25, -0.2) is 9.59 Å². The van der Waals surface area contributed by atoms with Gasteiger partial charge in [-0.3, -0.25) is 0 Å². The quantitative estimate of drug-likeness (QED) is 0.675. The van der Waals surface area contributed by atoms with Crippen molar-refractivity contribution in [3.05, 3.63) is 59.2 Å². The number of esters is 2. The summed E-state index contributed by atoms with van der Waals surface area (Å²) in [4.78, 5) is 23.8. The van der Waals surface area contributed by atoms with Crippen LogP contribution in [0.25, 0.3) is 0 Å². The minimum atomic E-state index is -0.524. The second-order valence-corrected chi connectivity index (χ2v) is 5.05. The molecule has 23 heavy (non-hydrogen) atoms. The standard InChI is InChI=1S/C18H18O5/c1-3-10-22-17(20)13-4-7-15(8-5-13)23-18(21)16-9-6-14(19)11-12(16)2/h4-9,11,19H,3,10H2,1-2H3. The molecule has 0 spiro atoms. The number of phenols is 1. The van der Waals surface area contributed by atoms with Gasteiger partial charge in [-0.2, -0.15) is 0 Å². The van der Waals surface area contributed by atoms with E-state index in [0.29, 0.717) is 29.0 Å². The molecule has 0 aliphatic carbocycles. The molecule has 120 valence electrons. The van der Waals surface area contributed by atoms with Gasteiger partial charge in [-0.1, -0.05) is 6.92 Å². The SMILES string of the molecule is CCCOC(=O)c1ccc(OC(=O)c2ccc(O)cc2C)cc1. The fourth-order valence-electron chi connectivity index (χ4n) is 1.98. The summed E-state index contributed by atoms with van der Waals surface area (Å²) in [5.74, 6) is -0.508. The van der Waals surface area contributed by atoms with Crippen LogP contribution in [-0.2, 0) is 4.74 Å². The molecule has 0 unspecified atom stereocenters. The lowest BCUT2D eigenvalue weighted by Gasteiger charge is -2.08. The largest absolute Gasteiger partial charge is 0.508 e. The number of phenolic OH excluding ortho intramolecular Hbond substituents is 1. The van der Waals surface area contributed by atoms with Crippen molar-refractivity contribution in [2.75, 3.05) is 6.61 Å².